The van der Waals surface area contributed by atoms with Crippen molar-refractivity contribution >= 4 is 15.9 Å². The number of hydrogen-bond donors (Lipinski definition) is 1. The molecule has 4 nitrogen and oxygen atoms in total. The summed E-state index contributed by atoms with van der Waals surface area (Å²) in [5.41, 5.74) is 2.21. The zero-order chi connectivity index (χ0) is 17.5. The minimum Gasteiger partial charge on any atom is -0.496 e. The highest BCUT2D eigenvalue weighted by molar-refractivity contribution is 9.10. The summed E-state index contributed by atoms with van der Waals surface area (Å²) in [7, 11) is 1.68. The molecule has 1 aromatic heterocycles. The van der Waals surface area contributed by atoms with Gasteiger partial charge < -0.3 is 14.8 Å². The molecule has 25 heavy (non-hydrogen) atoms. The van der Waals surface area contributed by atoms with Gasteiger partial charge in [-0.05, 0) is 42.0 Å². The van der Waals surface area contributed by atoms with Gasteiger partial charge >= 0.3 is 0 Å². The maximum Gasteiger partial charge on any atom is 0.219 e. The molecule has 0 spiro atoms. The highest BCUT2D eigenvalue weighted by atomic mass is 79.9. The van der Waals surface area contributed by atoms with Gasteiger partial charge in [0.05, 0.1) is 7.11 Å². The molecule has 0 radical (unpaired) electrons. The maximum absolute atomic E-state index is 5.77. The summed E-state index contributed by atoms with van der Waals surface area (Å²) < 4.78 is 12.2. The van der Waals surface area contributed by atoms with Gasteiger partial charge in [0.25, 0.3) is 0 Å². The van der Waals surface area contributed by atoms with Crippen LogP contribution in [0.1, 0.15) is 11.1 Å². The van der Waals surface area contributed by atoms with Gasteiger partial charge in [0.2, 0.25) is 5.88 Å². The highest BCUT2D eigenvalue weighted by Gasteiger charge is 2.04. The topological polar surface area (TPSA) is 43.4 Å². The Morgan fingerprint density at radius 1 is 1.00 bits per heavy atom. The third-order valence-corrected chi connectivity index (χ3v) is 4.15. The number of rotatable bonds is 7. The fourth-order valence-corrected chi connectivity index (χ4v) is 2.86. The predicted molar refractivity (Wildman–Crippen MR) is 102 cm³/mol. The van der Waals surface area contributed by atoms with E-state index in [0.29, 0.717) is 19.0 Å². The Balaban J connectivity index is 1.60. The summed E-state index contributed by atoms with van der Waals surface area (Å²) in [5.74, 6) is 2.24. The van der Waals surface area contributed by atoms with Crippen LogP contribution in [0.25, 0.3) is 0 Å². The Labute approximate surface area is 156 Å². The van der Waals surface area contributed by atoms with Gasteiger partial charge in [-0.2, -0.15) is 0 Å². The number of aromatic nitrogens is 1. The molecule has 2 aromatic carbocycles. The predicted octanol–water partition coefficient (Wildman–Crippen LogP) is 4.93. The van der Waals surface area contributed by atoms with Gasteiger partial charge in [0.15, 0.2) is 0 Å². The first kappa shape index (κ1) is 17.5. The Morgan fingerprint density at radius 2 is 1.84 bits per heavy atom. The number of methoxy groups -OCH3 is 1. The van der Waals surface area contributed by atoms with Gasteiger partial charge in [0, 0.05) is 35.4 Å². The average Bonchev–Trinajstić information content (AvgIpc) is 2.63. The van der Waals surface area contributed by atoms with Crippen LogP contribution in [0.3, 0.4) is 0 Å². The number of hydrogen-bond acceptors (Lipinski definition) is 4. The molecule has 0 aliphatic heterocycles. The van der Waals surface area contributed by atoms with E-state index in [-0.39, 0.29) is 0 Å². The molecule has 0 fully saturated rings. The highest BCUT2D eigenvalue weighted by Crippen LogP contribution is 2.23. The zero-order valence-electron chi connectivity index (χ0n) is 13.9. The van der Waals surface area contributed by atoms with Gasteiger partial charge in [-0.3, -0.25) is 0 Å². The largest absolute Gasteiger partial charge is 0.496 e. The molecule has 5 heteroatoms. The molecule has 0 amide bonds. The van der Waals surface area contributed by atoms with Crippen LogP contribution >= 0.6 is 15.9 Å². The van der Waals surface area contributed by atoms with Crippen LogP contribution in [0.5, 0.6) is 17.4 Å². The molecule has 3 rings (SSSR count). The average molecular weight is 399 g/mol. The molecule has 1 N–H and O–H groups in total. The summed E-state index contributed by atoms with van der Waals surface area (Å²) in [6.45, 7) is 1.42. The Hall–Kier alpha value is -2.37. The number of ether oxygens (including phenoxy) is 2. The van der Waals surface area contributed by atoms with Crippen LogP contribution in [0, 0.1) is 0 Å². The maximum atomic E-state index is 5.77. The van der Waals surface area contributed by atoms with Crippen LogP contribution in [0.15, 0.2) is 71.3 Å². The van der Waals surface area contributed by atoms with E-state index in [1.54, 1.807) is 13.3 Å². The van der Waals surface area contributed by atoms with Crippen molar-refractivity contribution in [3.8, 4) is 17.4 Å². The first-order chi connectivity index (χ1) is 12.2. The van der Waals surface area contributed by atoms with Crippen LogP contribution in [0.2, 0.25) is 0 Å². The van der Waals surface area contributed by atoms with Crippen LogP contribution in [-0.2, 0) is 13.1 Å². The van der Waals surface area contributed by atoms with Crippen molar-refractivity contribution in [2.75, 3.05) is 7.11 Å². The first-order valence-electron chi connectivity index (χ1n) is 7.95. The van der Waals surface area contributed by atoms with E-state index in [9.17, 15) is 0 Å². The van der Waals surface area contributed by atoms with E-state index in [2.05, 4.69) is 32.3 Å². The van der Waals surface area contributed by atoms with E-state index in [0.717, 1.165) is 27.1 Å². The smallest absolute Gasteiger partial charge is 0.219 e. The van der Waals surface area contributed by atoms with Crippen LogP contribution in [0.4, 0.5) is 0 Å². The summed E-state index contributed by atoms with van der Waals surface area (Å²) in [6, 6.07) is 19.6. The van der Waals surface area contributed by atoms with Crippen molar-refractivity contribution < 1.29 is 9.47 Å². The number of benzene rings is 2. The van der Waals surface area contributed by atoms with Crippen molar-refractivity contribution in [1.82, 2.24) is 10.3 Å². The standard InChI is InChI=1S/C20H19BrN2O2/c1-24-19-8-7-17(21)12-16(19)14-22-13-15-9-10-23-20(11-15)25-18-5-3-2-4-6-18/h2-12,22H,13-14H2,1H3. The molecule has 0 atom stereocenters. The summed E-state index contributed by atoms with van der Waals surface area (Å²) in [6.07, 6.45) is 1.76. The molecule has 0 saturated carbocycles. The van der Waals surface area contributed by atoms with Gasteiger partial charge in [-0.25, -0.2) is 4.98 Å². The molecule has 0 bridgehead atoms. The molecule has 0 aliphatic rings. The SMILES string of the molecule is COc1ccc(Br)cc1CNCc1ccnc(Oc2ccccc2)c1. The van der Waals surface area contributed by atoms with Crippen molar-refractivity contribution in [2.45, 2.75) is 13.1 Å². The number of pyridine rings is 1. The molecule has 0 saturated heterocycles. The summed E-state index contributed by atoms with van der Waals surface area (Å²) in [4.78, 5) is 4.26. The fraction of sp³-hybridized carbons (Fsp3) is 0.150. The summed E-state index contributed by atoms with van der Waals surface area (Å²) in [5, 5.41) is 3.43. The second kappa shape index (κ2) is 8.65. The Bertz CT molecular complexity index is 825. The molecule has 0 unspecified atom stereocenters. The van der Waals surface area contributed by atoms with Crippen molar-refractivity contribution in [1.29, 1.82) is 0 Å². The lowest BCUT2D eigenvalue weighted by molar-refractivity contribution is 0.407. The normalized spacial score (nSPS) is 10.5. The van der Waals surface area contributed by atoms with Crippen molar-refractivity contribution in [3.63, 3.8) is 0 Å². The number of para-hydroxylation sites is 1. The van der Waals surface area contributed by atoms with E-state index in [4.69, 9.17) is 9.47 Å². The quantitative estimate of drug-likeness (QED) is 0.612. The summed E-state index contributed by atoms with van der Waals surface area (Å²) >= 11 is 3.50. The third kappa shape index (κ3) is 5.05. The van der Waals surface area contributed by atoms with E-state index in [1.807, 2.05) is 54.6 Å². The van der Waals surface area contributed by atoms with Gasteiger partial charge in [-0.15, -0.1) is 0 Å². The number of halogens is 1. The minimum atomic E-state index is 0.588. The lowest BCUT2D eigenvalue weighted by atomic mass is 10.2. The molecular weight excluding hydrogens is 380 g/mol. The second-order valence-corrected chi connectivity index (χ2v) is 6.39. The van der Waals surface area contributed by atoms with Crippen molar-refractivity contribution in [2.24, 2.45) is 0 Å². The van der Waals surface area contributed by atoms with E-state index in [1.165, 1.54) is 0 Å². The van der Waals surface area contributed by atoms with Crippen LogP contribution < -0.4 is 14.8 Å². The monoisotopic (exact) mass is 398 g/mol. The molecule has 3 aromatic rings. The van der Waals surface area contributed by atoms with E-state index >= 15 is 0 Å². The molecule has 1 heterocycles. The third-order valence-electron chi connectivity index (χ3n) is 3.65. The lowest BCUT2D eigenvalue weighted by Crippen LogP contribution is -2.13. The number of nitrogens with one attached hydrogen (secondary N) is 1. The lowest BCUT2D eigenvalue weighted by Gasteiger charge is -2.11. The van der Waals surface area contributed by atoms with Crippen molar-refractivity contribution in [3.05, 3.63) is 82.5 Å². The molecular formula is C20H19BrN2O2. The fourth-order valence-electron chi connectivity index (χ4n) is 2.45. The van der Waals surface area contributed by atoms with Gasteiger partial charge in [0.1, 0.15) is 11.5 Å². The minimum absolute atomic E-state index is 0.588. The van der Waals surface area contributed by atoms with Gasteiger partial charge in [-0.1, -0.05) is 34.1 Å². The number of nitrogens with zero attached hydrogens (tertiary/aromatic N) is 1. The second-order valence-electron chi connectivity index (χ2n) is 5.48. The Morgan fingerprint density at radius 3 is 2.64 bits per heavy atom. The Kier molecular flexibility index (Phi) is 6.04. The first-order valence-corrected chi connectivity index (χ1v) is 8.75. The van der Waals surface area contributed by atoms with Crippen LogP contribution in [-0.4, -0.2) is 12.1 Å². The van der Waals surface area contributed by atoms with E-state index < -0.39 is 0 Å². The zero-order valence-corrected chi connectivity index (χ0v) is 15.5. The molecule has 0 aliphatic carbocycles. The molecule has 128 valence electrons.